The summed E-state index contributed by atoms with van der Waals surface area (Å²) in [6, 6.07) is 6.48. The molecular formula is C29H50ClN3O. The molecule has 0 aromatic heterocycles. The van der Waals surface area contributed by atoms with Crippen molar-refractivity contribution in [2.75, 3.05) is 32.7 Å². The predicted octanol–water partition coefficient (Wildman–Crippen LogP) is 6.71. The number of halogens is 1. The standard InChI is InChI=1S/C28H46ClN3O.CH4/c1-4-32(5-2)18-14-22(3)30-17-8-11-23-12-13-26(29)25(19-23)27(33)31-21-28-15-6-9-24(20-28)10-7-16-28;/h12-13,19,22,24,30H,4-11,14-18,20-21H2,1-3H3,(H,31,33);1H4. The van der Waals surface area contributed by atoms with E-state index in [0.717, 1.165) is 51.5 Å². The number of fused-ring (bicyclic) bond motifs is 2. The molecule has 1 amide bonds. The van der Waals surface area contributed by atoms with Crippen molar-refractivity contribution >= 4 is 17.5 Å². The van der Waals surface area contributed by atoms with Crippen molar-refractivity contribution in [2.24, 2.45) is 11.3 Å². The normalized spacial score (nSPS) is 22.8. The van der Waals surface area contributed by atoms with E-state index in [0.29, 0.717) is 22.0 Å². The molecule has 5 heteroatoms. The van der Waals surface area contributed by atoms with E-state index in [1.807, 2.05) is 12.1 Å². The summed E-state index contributed by atoms with van der Waals surface area (Å²) >= 11 is 6.43. The van der Waals surface area contributed by atoms with Gasteiger partial charge in [0.15, 0.2) is 0 Å². The number of aryl methyl sites for hydroxylation is 1. The third-order valence-corrected chi connectivity index (χ3v) is 8.50. The van der Waals surface area contributed by atoms with Gasteiger partial charge in [0.2, 0.25) is 0 Å². The Kier molecular flexibility index (Phi) is 12.4. The maximum absolute atomic E-state index is 13.0. The van der Waals surface area contributed by atoms with Gasteiger partial charge in [-0.05, 0) is 101 Å². The number of carbonyl (C=O) groups excluding carboxylic acids is 1. The molecule has 0 heterocycles. The van der Waals surface area contributed by atoms with E-state index in [-0.39, 0.29) is 13.3 Å². The van der Waals surface area contributed by atoms with E-state index in [9.17, 15) is 4.79 Å². The highest BCUT2D eigenvalue weighted by Gasteiger charge is 2.39. The molecule has 2 aliphatic carbocycles. The van der Waals surface area contributed by atoms with Gasteiger partial charge >= 0.3 is 0 Å². The van der Waals surface area contributed by atoms with Gasteiger partial charge in [-0.2, -0.15) is 0 Å². The van der Waals surface area contributed by atoms with Gasteiger partial charge in [-0.15, -0.1) is 0 Å². The molecule has 0 aliphatic heterocycles. The fourth-order valence-electron chi connectivity index (χ4n) is 5.99. The zero-order chi connectivity index (χ0) is 23.7. The molecule has 1 unspecified atom stereocenters. The van der Waals surface area contributed by atoms with Crippen LogP contribution in [-0.4, -0.2) is 49.6 Å². The summed E-state index contributed by atoms with van der Waals surface area (Å²) < 4.78 is 0. The van der Waals surface area contributed by atoms with Gasteiger partial charge in [-0.3, -0.25) is 4.79 Å². The lowest BCUT2D eigenvalue weighted by Gasteiger charge is -2.45. The summed E-state index contributed by atoms with van der Waals surface area (Å²) in [6.45, 7) is 11.9. The van der Waals surface area contributed by atoms with Crippen LogP contribution in [0.25, 0.3) is 0 Å². The van der Waals surface area contributed by atoms with Crippen LogP contribution in [-0.2, 0) is 6.42 Å². The number of hydrogen-bond donors (Lipinski definition) is 2. The van der Waals surface area contributed by atoms with Crippen molar-refractivity contribution in [1.29, 1.82) is 0 Å². The maximum Gasteiger partial charge on any atom is 0.252 e. The second kappa shape index (κ2) is 14.5. The summed E-state index contributed by atoms with van der Waals surface area (Å²) in [5.41, 5.74) is 2.15. The third-order valence-electron chi connectivity index (χ3n) is 8.17. The van der Waals surface area contributed by atoms with Gasteiger partial charge in [-0.25, -0.2) is 0 Å². The van der Waals surface area contributed by atoms with Crippen molar-refractivity contribution in [2.45, 2.75) is 98.4 Å². The SMILES string of the molecule is C.CCN(CC)CCC(C)NCCCc1ccc(Cl)c(C(=O)NCC23CCCC(CCC2)C3)c1. The number of benzene rings is 1. The molecule has 2 bridgehead atoms. The molecule has 2 aliphatic rings. The Morgan fingerprint density at radius 3 is 2.59 bits per heavy atom. The molecular weight excluding hydrogens is 442 g/mol. The lowest BCUT2D eigenvalue weighted by molar-refractivity contribution is 0.0682. The van der Waals surface area contributed by atoms with Crippen molar-refractivity contribution in [1.82, 2.24) is 15.5 Å². The number of carbonyl (C=O) groups is 1. The van der Waals surface area contributed by atoms with E-state index in [4.69, 9.17) is 11.6 Å². The molecule has 0 saturated heterocycles. The third kappa shape index (κ3) is 8.53. The van der Waals surface area contributed by atoms with Gasteiger partial charge < -0.3 is 15.5 Å². The predicted molar refractivity (Wildman–Crippen MR) is 147 cm³/mol. The zero-order valence-electron chi connectivity index (χ0n) is 21.2. The number of rotatable bonds is 13. The van der Waals surface area contributed by atoms with Crippen LogP contribution in [0.4, 0.5) is 0 Å². The Bertz CT molecular complexity index is 739. The Morgan fingerprint density at radius 2 is 1.91 bits per heavy atom. The molecule has 1 atom stereocenters. The molecule has 2 saturated carbocycles. The first kappa shape index (κ1) is 29.1. The van der Waals surface area contributed by atoms with Gasteiger partial charge in [0.05, 0.1) is 10.6 Å². The van der Waals surface area contributed by atoms with Crippen molar-refractivity contribution in [3.05, 3.63) is 34.3 Å². The highest BCUT2D eigenvalue weighted by atomic mass is 35.5. The van der Waals surface area contributed by atoms with Crippen LogP contribution < -0.4 is 10.6 Å². The van der Waals surface area contributed by atoms with Crippen LogP contribution in [0.3, 0.4) is 0 Å². The van der Waals surface area contributed by atoms with Crippen LogP contribution >= 0.6 is 11.6 Å². The highest BCUT2D eigenvalue weighted by molar-refractivity contribution is 6.33. The van der Waals surface area contributed by atoms with E-state index >= 15 is 0 Å². The molecule has 1 aromatic carbocycles. The minimum atomic E-state index is -0.00734. The molecule has 1 aromatic rings. The molecule has 0 spiro atoms. The first-order valence-corrected chi connectivity index (χ1v) is 13.8. The summed E-state index contributed by atoms with van der Waals surface area (Å²) in [4.78, 5) is 15.5. The Hall–Kier alpha value is -1.10. The summed E-state index contributed by atoms with van der Waals surface area (Å²) in [7, 11) is 0. The molecule has 2 N–H and O–H groups in total. The largest absolute Gasteiger partial charge is 0.351 e. The first-order chi connectivity index (χ1) is 15.9. The lowest BCUT2D eigenvalue weighted by Crippen LogP contribution is -2.43. The average molecular weight is 492 g/mol. The van der Waals surface area contributed by atoms with E-state index in [2.05, 4.69) is 42.4 Å². The van der Waals surface area contributed by atoms with Crippen molar-refractivity contribution in [3.63, 3.8) is 0 Å². The molecule has 4 nitrogen and oxygen atoms in total. The second-order valence-corrected chi connectivity index (χ2v) is 11.0. The number of amides is 1. The van der Waals surface area contributed by atoms with Gasteiger partial charge in [0.25, 0.3) is 5.91 Å². The number of nitrogens with one attached hydrogen (secondary N) is 2. The van der Waals surface area contributed by atoms with Gasteiger partial charge in [0, 0.05) is 12.6 Å². The molecule has 194 valence electrons. The Labute approximate surface area is 214 Å². The lowest BCUT2D eigenvalue weighted by atomic mass is 9.62. The minimum Gasteiger partial charge on any atom is -0.351 e. The fraction of sp³-hybridized carbons (Fsp3) is 0.759. The summed E-state index contributed by atoms with van der Waals surface area (Å²) in [6.07, 6.45) is 12.4. The zero-order valence-corrected chi connectivity index (χ0v) is 22.0. The van der Waals surface area contributed by atoms with Crippen molar-refractivity contribution < 1.29 is 4.79 Å². The van der Waals surface area contributed by atoms with E-state index < -0.39 is 0 Å². The summed E-state index contributed by atoms with van der Waals surface area (Å²) in [5.74, 6) is 0.872. The molecule has 0 radical (unpaired) electrons. The quantitative estimate of drug-likeness (QED) is 0.301. The smallest absolute Gasteiger partial charge is 0.252 e. The minimum absolute atomic E-state index is 0. The topological polar surface area (TPSA) is 44.4 Å². The van der Waals surface area contributed by atoms with Crippen LogP contribution in [0.2, 0.25) is 5.02 Å². The highest BCUT2D eigenvalue weighted by Crippen LogP contribution is 2.48. The van der Waals surface area contributed by atoms with E-state index in [1.54, 1.807) is 0 Å². The van der Waals surface area contributed by atoms with Crippen LogP contribution in [0.5, 0.6) is 0 Å². The molecule has 3 rings (SSSR count). The van der Waals surface area contributed by atoms with E-state index in [1.165, 1.54) is 56.9 Å². The maximum atomic E-state index is 13.0. The van der Waals surface area contributed by atoms with Crippen LogP contribution in [0, 0.1) is 11.3 Å². The van der Waals surface area contributed by atoms with Crippen LogP contribution in [0.15, 0.2) is 18.2 Å². The van der Waals surface area contributed by atoms with Crippen LogP contribution in [0.1, 0.15) is 102 Å². The Morgan fingerprint density at radius 1 is 1.21 bits per heavy atom. The monoisotopic (exact) mass is 491 g/mol. The van der Waals surface area contributed by atoms with Gasteiger partial charge in [0.1, 0.15) is 0 Å². The fourth-order valence-corrected chi connectivity index (χ4v) is 6.20. The average Bonchev–Trinajstić information content (AvgIpc) is 2.82. The first-order valence-electron chi connectivity index (χ1n) is 13.5. The molecule has 34 heavy (non-hydrogen) atoms. The number of hydrogen-bond acceptors (Lipinski definition) is 3. The van der Waals surface area contributed by atoms with Gasteiger partial charge in [-0.1, -0.05) is 64.6 Å². The van der Waals surface area contributed by atoms with Crippen molar-refractivity contribution in [3.8, 4) is 0 Å². The second-order valence-electron chi connectivity index (χ2n) is 10.6. The Balaban J connectivity index is 0.00000408. The summed E-state index contributed by atoms with van der Waals surface area (Å²) in [5, 5.41) is 7.46. The number of nitrogens with zero attached hydrogens (tertiary/aromatic N) is 1. The molecule has 2 fully saturated rings.